The van der Waals surface area contributed by atoms with Gasteiger partial charge in [0, 0.05) is 38.6 Å². The minimum Gasteiger partial charge on any atom is -0.508 e. The number of methoxy groups -OCH3 is 1. The summed E-state index contributed by atoms with van der Waals surface area (Å²) in [7, 11) is 1.66. The Kier molecular flexibility index (Phi) is 3.89. The van der Waals surface area contributed by atoms with E-state index < -0.39 is 5.60 Å². The highest BCUT2D eigenvalue weighted by Crippen LogP contribution is 2.35. The Labute approximate surface area is 144 Å². The highest BCUT2D eigenvalue weighted by molar-refractivity contribution is 5.84. The largest absolute Gasteiger partial charge is 0.508 e. The average molecular weight is 341 g/mol. The molecule has 7 heteroatoms. The Balaban J connectivity index is 1.77. The van der Waals surface area contributed by atoms with E-state index in [9.17, 15) is 5.11 Å². The maximum Gasteiger partial charge on any atom is 0.259 e. The lowest BCUT2D eigenvalue weighted by Crippen LogP contribution is -2.36. The molecule has 1 N–H and O–H groups in total. The number of nitrogens with zero attached hydrogens (tertiary/aromatic N) is 3. The van der Waals surface area contributed by atoms with Crippen LogP contribution in [0.5, 0.6) is 5.75 Å². The summed E-state index contributed by atoms with van der Waals surface area (Å²) in [5.74, 6) is 1.12. The molecule has 7 nitrogen and oxygen atoms in total. The van der Waals surface area contributed by atoms with Gasteiger partial charge in [0.15, 0.2) is 0 Å². The van der Waals surface area contributed by atoms with Crippen molar-refractivity contribution in [3.05, 3.63) is 35.8 Å². The maximum absolute atomic E-state index is 9.69. The fraction of sp³-hybridized carbons (Fsp3) is 0.389. The van der Waals surface area contributed by atoms with Crippen LogP contribution in [0.4, 0.5) is 0 Å². The number of aryl methyl sites for hydroxylation is 1. The van der Waals surface area contributed by atoms with E-state index in [4.69, 9.17) is 14.0 Å². The molecule has 1 saturated heterocycles. The molecule has 0 unspecified atom stereocenters. The smallest absolute Gasteiger partial charge is 0.259 e. The summed E-state index contributed by atoms with van der Waals surface area (Å²) >= 11 is 0. The minimum absolute atomic E-state index is 0.191. The second-order valence-corrected chi connectivity index (χ2v) is 6.23. The van der Waals surface area contributed by atoms with E-state index in [1.807, 2.05) is 13.0 Å². The van der Waals surface area contributed by atoms with Gasteiger partial charge in [0.05, 0.1) is 16.8 Å². The normalized spacial score (nSPS) is 17.0. The van der Waals surface area contributed by atoms with E-state index >= 15 is 0 Å². The molecule has 130 valence electrons. The van der Waals surface area contributed by atoms with Gasteiger partial charge in [-0.2, -0.15) is 4.98 Å². The molecule has 3 aromatic rings. The van der Waals surface area contributed by atoms with Crippen molar-refractivity contribution in [2.75, 3.05) is 20.3 Å². The molecule has 1 aliphatic heterocycles. The Bertz CT molecular complexity index is 916. The highest BCUT2D eigenvalue weighted by Gasteiger charge is 2.39. The molecule has 0 aliphatic carbocycles. The molecule has 1 aliphatic rings. The number of aromatic hydroxyl groups is 1. The van der Waals surface area contributed by atoms with Gasteiger partial charge in [-0.05, 0) is 31.2 Å². The van der Waals surface area contributed by atoms with Crippen LogP contribution >= 0.6 is 0 Å². The van der Waals surface area contributed by atoms with Crippen molar-refractivity contribution in [1.82, 2.24) is 15.1 Å². The first-order valence-corrected chi connectivity index (χ1v) is 8.19. The molecule has 0 bridgehead atoms. The number of pyridine rings is 1. The summed E-state index contributed by atoms with van der Waals surface area (Å²) < 4.78 is 16.6. The summed E-state index contributed by atoms with van der Waals surface area (Å²) in [4.78, 5) is 9.14. The Morgan fingerprint density at radius 1 is 1.16 bits per heavy atom. The molecular weight excluding hydrogens is 322 g/mol. The van der Waals surface area contributed by atoms with Crippen molar-refractivity contribution in [2.24, 2.45) is 0 Å². The summed E-state index contributed by atoms with van der Waals surface area (Å²) in [6, 6.07) is 6.96. The van der Waals surface area contributed by atoms with Crippen LogP contribution in [-0.4, -0.2) is 40.6 Å². The Morgan fingerprint density at radius 2 is 1.96 bits per heavy atom. The van der Waals surface area contributed by atoms with Gasteiger partial charge in [0.1, 0.15) is 11.4 Å². The first-order chi connectivity index (χ1) is 12.1. The van der Waals surface area contributed by atoms with Gasteiger partial charge in [-0.1, -0.05) is 5.16 Å². The second kappa shape index (κ2) is 6.09. The third-order valence-electron chi connectivity index (χ3n) is 4.74. The topological polar surface area (TPSA) is 90.5 Å². The van der Waals surface area contributed by atoms with E-state index in [1.54, 1.807) is 25.3 Å². The van der Waals surface area contributed by atoms with Crippen LogP contribution < -0.4 is 0 Å². The Hall–Kier alpha value is -2.51. The van der Waals surface area contributed by atoms with Crippen LogP contribution in [0.3, 0.4) is 0 Å². The van der Waals surface area contributed by atoms with Gasteiger partial charge < -0.3 is 19.1 Å². The Morgan fingerprint density at radius 3 is 2.72 bits per heavy atom. The number of aromatic nitrogens is 3. The zero-order valence-electron chi connectivity index (χ0n) is 14.2. The van der Waals surface area contributed by atoms with Crippen LogP contribution in [0.2, 0.25) is 0 Å². The van der Waals surface area contributed by atoms with Gasteiger partial charge >= 0.3 is 0 Å². The molecule has 2 aromatic heterocycles. The van der Waals surface area contributed by atoms with Crippen molar-refractivity contribution in [3.63, 3.8) is 0 Å². The van der Waals surface area contributed by atoms with Crippen LogP contribution in [0.25, 0.3) is 22.4 Å². The summed E-state index contributed by atoms with van der Waals surface area (Å²) in [5, 5.41) is 14.7. The van der Waals surface area contributed by atoms with Crippen LogP contribution in [0, 0.1) is 6.92 Å². The van der Waals surface area contributed by atoms with E-state index in [2.05, 4.69) is 15.1 Å². The summed E-state index contributed by atoms with van der Waals surface area (Å²) in [6.45, 7) is 3.10. The quantitative estimate of drug-likeness (QED) is 0.783. The van der Waals surface area contributed by atoms with E-state index in [1.165, 1.54) is 0 Å². The third kappa shape index (κ3) is 2.75. The van der Waals surface area contributed by atoms with Crippen LogP contribution in [0.1, 0.15) is 24.4 Å². The van der Waals surface area contributed by atoms with Gasteiger partial charge in [-0.25, -0.2) is 0 Å². The molecule has 4 rings (SSSR count). The fourth-order valence-electron chi connectivity index (χ4n) is 3.21. The zero-order valence-corrected chi connectivity index (χ0v) is 14.2. The van der Waals surface area contributed by atoms with Crippen molar-refractivity contribution >= 4 is 10.9 Å². The number of hydrogen-bond acceptors (Lipinski definition) is 7. The molecule has 25 heavy (non-hydrogen) atoms. The standard InChI is InChI=1S/C18H19N3O4/c1-11-14(10-12-9-13(22)3-4-15(12)19-11)16-20-17(21-25-16)18(23-2)5-7-24-8-6-18/h3-4,9-10,22H,5-8H2,1-2H3. The van der Waals surface area contributed by atoms with Crippen molar-refractivity contribution in [1.29, 1.82) is 0 Å². The molecule has 3 heterocycles. The number of rotatable bonds is 3. The number of fused-ring (bicyclic) bond motifs is 1. The van der Waals surface area contributed by atoms with Crippen LogP contribution in [0.15, 0.2) is 28.8 Å². The first kappa shape index (κ1) is 16.0. The molecule has 1 fully saturated rings. The van der Waals surface area contributed by atoms with E-state index in [0.717, 1.165) is 22.2 Å². The molecular formula is C18H19N3O4. The van der Waals surface area contributed by atoms with E-state index in [-0.39, 0.29) is 5.75 Å². The number of hydrogen-bond donors (Lipinski definition) is 1. The predicted molar refractivity (Wildman–Crippen MR) is 90.2 cm³/mol. The van der Waals surface area contributed by atoms with Gasteiger partial charge in [0.2, 0.25) is 5.82 Å². The monoisotopic (exact) mass is 341 g/mol. The van der Waals surface area contributed by atoms with Crippen molar-refractivity contribution < 1.29 is 19.1 Å². The molecule has 1 aromatic carbocycles. The van der Waals surface area contributed by atoms with E-state index in [0.29, 0.717) is 37.8 Å². The molecule has 0 radical (unpaired) electrons. The molecule has 0 spiro atoms. The molecule has 0 amide bonds. The van der Waals surface area contributed by atoms with Crippen molar-refractivity contribution in [2.45, 2.75) is 25.4 Å². The van der Waals surface area contributed by atoms with Gasteiger partial charge in [-0.15, -0.1) is 0 Å². The fourth-order valence-corrected chi connectivity index (χ4v) is 3.21. The maximum atomic E-state index is 9.69. The highest BCUT2D eigenvalue weighted by atomic mass is 16.5. The zero-order chi connectivity index (χ0) is 17.4. The SMILES string of the molecule is COC1(c2noc(-c3cc4cc(O)ccc4nc3C)n2)CCOCC1. The van der Waals surface area contributed by atoms with Crippen molar-refractivity contribution in [3.8, 4) is 17.2 Å². The third-order valence-corrected chi connectivity index (χ3v) is 4.74. The lowest BCUT2D eigenvalue weighted by Gasteiger charge is -2.32. The summed E-state index contributed by atoms with van der Waals surface area (Å²) in [6.07, 6.45) is 1.37. The number of ether oxygens (including phenoxy) is 2. The summed E-state index contributed by atoms with van der Waals surface area (Å²) in [5.41, 5.74) is 1.76. The minimum atomic E-state index is -0.573. The predicted octanol–water partition coefficient (Wildman–Crippen LogP) is 2.95. The van der Waals surface area contributed by atoms with Crippen LogP contribution in [-0.2, 0) is 15.1 Å². The molecule has 0 atom stereocenters. The second-order valence-electron chi connectivity index (χ2n) is 6.23. The van der Waals surface area contributed by atoms with Gasteiger partial charge in [0.25, 0.3) is 5.89 Å². The number of phenols is 1. The lowest BCUT2D eigenvalue weighted by molar-refractivity contribution is -0.101. The first-order valence-electron chi connectivity index (χ1n) is 8.19. The number of phenolic OH excluding ortho intramolecular Hbond substituents is 1. The molecule has 0 saturated carbocycles. The number of benzene rings is 1. The average Bonchev–Trinajstić information content (AvgIpc) is 3.12. The lowest BCUT2D eigenvalue weighted by atomic mass is 9.93. The van der Waals surface area contributed by atoms with Gasteiger partial charge in [-0.3, -0.25) is 4.98 Å².